The third kappa shape index (κ3) is 5.00. The summed E-state index contributed by atoms with van der Waals surface area (Å²) in [6.07, 6.45) is 1.25. The predicted octanol–water partition coefficient (Wildman–Crippen LogP) is 5.27. The number of nitrogens with two attached hydrogens (primary N) is 1. The van der Waals surface area contributed by atoms with Gasteiger partial charge < -0.3 is 15.9 Å². The molecule has 0 aromatic heterocycles. The average Bonchev–Trinajstić information content (AvgIpc) is 2.83. The maximum absolute atomic E-state index is 9.39. The third-order valence-electron chi connectivity index (χ3n) is 5.66. The fourth-order valence-corrected chi connectivity index (χ4v) is 4.67. The molecule has 158 valence electrons. The molecule has 0 radical (unpaired) electrons. The molecule has 0 saturated heterocycles. The Morgan fingerprint density at radius 2 is 1.39 bits per heavy atom. The summed E-state index contributed by atoms with van der Waals surface area (Å²) in [5, 5.41) is 21.3. The second kappa shape index (κ2) is 9.67. The van der Waals surface area contributed by atoms with Gasteiger partial charge in [-0.2, -0.15) is 0 Å². The van der Waals surface area contributed by atoms with Crippen molar-refractivity contribution in [2.45, 2.75) is 28.2 Å². The molecule has 31 heavy (non-hydrogen) atoms. The molecule has 0 saturated carbocycles. The number of hydrogen-bond donors (Lipinski definition) is 3. The van der Waals surface area contributed by atoms with Crippen LogP contribution in [0.3, 0.4) is 0 Å². The molecular formula is C27H27NO2S. The molecule has 4 aromatic rings. The highest BCUT2D eigenvalue weighted by molar-refractivity contribution is 7.99. The van der Waals surface area contributed by atoms with Gasteiger partial charge in [-0.15, -0.1) is 0 Å². The lowest BCUT2D eigenvalue weighted by Gasteiger charge is -2.24. The number of rotatable bonds is 8. The summed E-state index contributed by atoms with van der Waals surface area (Å²) in [6.45, 7) is -0.443. The van der Waals surface area contributed by atoms with Crippen molar-refractivity contribution in [2.24, 2.45) is 5.73 Å². The van der Waals surface area contributed by atoms with Gasteiger partial charge in [0.2, 0.25) is 0 Å². The van der Waals surface area contributed by atoms with Crippen LogP contribution in [0.2, 0.25) is 0 Å². The standard InChI is InChI=1S/C27H27NO2S/c28-27(18-29,19-30)17-16-20-12-14-21(15-13-20)23-8-4-10-25-24(23)9-5-11-26(25)31-22-6-2-1-3-7-22/h1-15,29-30H,16-19,28H2. The van der Waals surface area contributed by atoms with Crippen molar-refractivity contribution in [3.8, 4) is 11.1 Å². The summed E-state index contributed by atoms with van der Waals surface area (Å²) >= 11 is 1.78. The summed E-state index contributed by atoms with van der Waals surface area (Å²) in [5.41, 5.74) is 8.58. The van der Waals surface area contributed by atoms with Gasteiger partial charge in [0.15, 0.2) is 0 Å². The molecule has 0 spiro atoms. The van der Waals surface area contributed by atoms with E-state index >= 15 is 0 Å². The van der Waals surface area contributed by atoms with Gasteiger partial charge in [0.1, 0.15) is 0 Å². The molecule has 3 nitrogen and oxygen atoms in total. The van der Waals surface area contributed by atoms with E-state index in [1.165, 1.54) is 31.7 Å². The number of aliphatic hydroxyl groups excluding tert-OH is 2. The van der Waals surface area contributed by atoms with E-state index in [2.05, 4.69) is 84.9 Å². The van der Waals surface area contributed by atoms with Crippen LogP contribution in [0.4, 0.5) is 0 Å². The first-order valence-corrected chi connectivity index (χ1v) is 11.3. The zero-order chi connectivity index (χ0) is 21.7. The molecule has 0 aliphatic carbocycles. The van der Waals surface area contributed by atoms with Crippen molar-refractivity contribution in [1.29, 1.82) is 0 Å². The zero-order valence-electron chi connectivity index (χ0n) is 17.4. The molecule has 0 amide bonds. The fraction of sp³-hybridized carbons (Fsp3) is 0.185. The van der Waals surface area contributed by atoms with E-state index in [1.807, 2.05) is 6.07 Å². The van der Waals surface area contributed by atoms with E-state index in [-0.39, 0.29) is 13.2 Å². The van der Waals surface area contributed by atoms with Crippen molar-refractivity contribution >= 4 is 22.5 Å². The Bertz CT molecular complexity index is 1140. The molecule has 0 aliphatic heterocycles. The SMILES string of the molecule is NC(CO)(CO)CCc1ccc(-c2cccc3c(Sc4ccccc4)cccc23)cc1. The van der Waals surface area contributed by atoms with Crippen LogP contribution >= 0.6 is 11.8 Å². The highest BCUT2D eigenvalue weighted by Gasteiger charge is 2.22. The van der Waals surface area contributed by atoms with E-state index in [0.29, 0.717) is 12.8 Å². The molecule has 4 heteroatoms. The molecule has 0 aliphatic rings. The Hall–Kier alpha value is -2.63. The van der Waals surface area contributed by atoms with Crippen LogP contribution in [0.5, 0.6) is 0 Å². The van der Waals surface area contributed by atoms with Gasteiger partial charge in [0.25, 0.3) is 0 Å². The van der Waals surface area contributed by atoms with Crippen molar-refractivity contribution in [3.05, 3.63) is 96.6 Å². The number of benzene rings is 4. The number of hydrogen-bond acceptors (Lipinski definition) is 4. The Kier molecular flexibility index (Phi) is 6.73. The minimum Gasteiger partial charge on any atom is -0.394 e. The molecule has 4 aromatic carbocycles. The van der Waals surface area contributed by atoms with E-state index in [9.17, 15) is 10.2 Å². The van der Waals surface area contributed by atoms with Gasteiger partial charge in [-0.1, -0.05) is 84.6 Å². The minimum absolute atomic E-state index is 0.221. The zero-order valence-corrected chi connectivity index (χ0v) is 18.2. The fourth-order valence-electron chi connectivity index (χ4n) is 3.69. The number of fused-ring (bicyclic) bond motifs is 1. The summed E-state index contributed by atoms with van der Waals surface area (Å²) in [7, 11) is 0. The average molecular weight is 430 g/mol. The lowest BCUT2D eigenvalue weighted by atomic mass is 9.92. The first kappa shape index (κ1) is 21.6. The first-order chi connectivity index (χ1) is 15.1. The van der Waals surface area contributed by atoms with E-state index < -0.39 is 5.54 Å². The van der Waals surface area contributed by atoms with Crippen molar-refractivity contribution in [3.63, 3.8) is 0 Å². The highest BCUT2D eigenvalue weighted by Crippen LogP contribution is 2.37. The molecule has 0 fully saturated rings. The first-order valence-electron chi connectivity index (χ1n) is 10.5. The van der Waals surface area contributed by atoms with Crippen LogP contribution < -0.4 is 5.73 Å². The van der Waals surface area contributed by atoms with Gasteiger partial charge in [-0.25, -0.2) is 0 Å². The van der Waals surface area contributed by atoms with Gasteiger partial charge in [0, 0.05) is 9.79 Å². The maximum atomic E-state index is 9.39. The quantitative estimate of drug-likeness (QED) is 0.357. The number of aliphatic hydroxyl groups is 2. The largest absolute Gasteiger partial charge is 0.394 e. The van der Waals surface area contributed by atoms with Crippen LogP contribution in [0, 0.1) is 0 Å². The minimum atomic E-state index is -0.929. The summed E-state index contributed by atoms with van der Waals surface area (Å²) in [4.78, 5) is 2.47. The van der Waals surface area contributed by atoms with Crippen molar-refractivity contribution in [2.75, 3.05) is 13.2 Å². The second-order valence-electron chi connectivity index (χ2n) is 7.95. The van der Waals surface area contributed by atoms with Gasteiger partial charge in [-0.3, -0.25) is 0 Å². The van der Waals surface area contributed by atoms with Gasteiger partial charge in [-0.05, 0) is 58.5 Å². The normalized spacial score (nSPS) is 11.7. The lowest BCUT2D eigenvalue weighted by molar-refractivity contribution is 0.115. The van der Waals surface area contributed by atoms with Crippen LogP contribution in [0.1, 0.15) is 12.0 Å². The molecule has 4 N–H and O–H groups in total. The maximum Gasteiger partial charge on any atom is 0.0633 e. The summed E-state index contributed by atoms with van der Waals surface area (Å²) in [6, 6.07) is 31.9. The molecule has 4 rings (SSSR count). The highest BCUT2D eigenvalue weighted by atomic mass is 32.2. The van der Waals surface area contributed by atoms with E-state index in [4.69, 9.17) is 5.73 Å². The Balaban J connectivity index is 1.60. The Morgan fingerprint density at radius 3 is 2.10 bits per heavy atom. The number of aryl methyl sites for hydroxylation is 1. The summed E-state index contributed by atoms with van der Waals surface area (Å²) < 4.78 is 0. The van der Waals surface area contributed by atoms with Gasteiger partial charge >= 0.3 is 0 Å². The lowest BCUT2D eigenvalue weighted by Crippen LogP contribution is -2.47. The molecule has 0 unspecified atom stereocenters. The third-order valence-corrected chi connectivity index (χ3v) is 6.74. The van der Waals surface area contributed by atoms with Crippen LogP contribution in [-0.4, -0.2) is 29.0 Å². The summed E-state index contributed by atoms with van der Waals surface area (Å²) in [5.74, 6) is 0. The second-order valence-corrected chi connectivity index (χ2v) is 9.06. The molecule has 0 heterocycles. The van der Waals surface area contributed by atoms with Gasteiger partial charge in [0.05, 0.1) is 18.8 Å². The van der Waals surface area contributed by atoms with Crippen LogP contribution in [0.15, 0.2) is 101 Å². The monoisotopic (exact) mass is 429 g/mol. The van der Waals surface area contributed by atoms with E-state index in [0.717, 1.165) is 5.56 Å². The topological polar surface area (TPSA) is 66.5 Å². The Labute approximate surface area is 187 Å². The Morgan fingerprint density at radius 1 is 0.710 bits per heavy atom. The molecule has 0 atom stereocenters. The molecular weight excluding hydrogens is 402 g/mol. The predicted molar refractivity (Wildman–Crippen MR) is 129 cm³/mol. The van der Waals surface area contributed by atoms with Crippen LogP contribution in [-0.2, 0) is 6.42 Å². The molecule has 0 bridgehead atoms. The van der Waals surface area contributed by atoms with E-state index in [1.54, 1.807) is 11.8 Å². The smallest absolute Gasteiger partial charge is 0.0633 e. The van der Waals surface area contributed by atoms with Crippen LogP contribution in [0.25, 0.3) is 21.9 Å². The van der Waals surface area contributed by atoms with Crippen molar-refractivity contribution < 1.29 is 10.2 Å². The van der Waals surface area contributed by atoms with Crippen molar-refractivity contribution in [1.82, 2.24) is 0 Å².